The smallest absolute Gasteiger partial charge is 0.491 e. The molecule has 0 aliphatic carbocycles. The third kappa shape index (κ3) is 5.94. The molecular weight excluding hydrogens is 259 g/mol. The minimum Gasteiger partial charge on any atom is -0.491 e. The van der Waals surface area contributed by atoms with E-state index in [1.54, 1.807) is 0 Å². The molecule has 0 aromatic heterocycles. The highest BCUT2D eigenvalue weighted by Crippen LogP contribution is 2.24. The minimum absolute atomic E-state index is 0.0458. The zero-order chi connectivity index (χ0) is 14.5. The van der Waals surface area contributed by atoms with Gasteiger partial charge in [-0.3, -0.25) is 4.74 Å². The Bertz CT molecular complexity index is 405. The number of benzene rings is 1. The summed E-state index contributed by atoms with van der Waals surface area (Å²) in [6.45, 7) is 3.01. The van der Waals surface area contributed by atoms with E-state index < -0.39 is 13.0 Å². The van der Waals surface area contributed by atoms with Crippen molar-refractivity contribution in [1.82, 2.24) is 0 Å². The van der Waals surface area contributed by atoms with Crippen LogP contribution in [0.15, 0.2) is 18.2 Å². The van der Waals surface area contributed by atoms with Crippen LogP contribution >= 0.6 is 0 Å². The summed E-state index contributed by atoms with van der Waals surface area (Å²) in [5.74, 6) is 0.588. The van der Waals surface area contributed by atoms with Crippen LogP contribution in [0.1, 0.15) is 18.1 Å². The van der Waals surface area contributed by atoms with E-state index in [4.69, 9.17) is 10.5 Å². The van der Waals surface area contributed by atoms with E-state index in [-0.39, 0.29) is 12.6 Å². The molecule has 0 spiro atoms. The molecule has 6 heteroatoms. The van der Waals surface area contributed by atoms with Gasteiger partial charge in [-0.2, -0.15) is 0 Å². The highest BCUT2D eigenvalue weighted by atomic mass is 19.4. The molecule has 1 atom stereocenters. The molecule has 108 valence electrons. The lowest BCUT2D eigenvalue weighted by Crippen LogP contribution is -2.20. The fraction of sp³-hybridized carbons (Fsp3) is 0.538. The Morgan fingerprint density at radius 1 is 1.26 bits per heavy atom. The van der Waals surface area contributed by atoms with Gasteiger partial charge in [0.15, 0.2) is 0 Å². The van der Waals surface area contributed by atoms with Crippen LogP contribution in [-0.4, -0.2) is 25.6 Å². The van der Waals surface area contributed by atoms with Gasteiger partial charge in [-0.25, -0.2) is 0 Å². The van der Waals surface area contributed by atoms with Gasteiger partial charge in [-0.1, -0.05) is 18.2 Å². The number of aryl methyl sites for hydroxylation is 1. The van der Waals surface area contributed by atoms with Crippen LogP contribution in [0.4, 0.5) is 13.2 Å². The minimum atomic E-state index is -4.62. The zero-order valence-corrected chi connectivity index (χ0v) is 11.0. The molecule has 1 aromatic carbocycles. The quantitative estimate of drug-likeness (QED) is 0.813. The summed E-state index contributed by atoms with van der Waals surface area (Å²) in [6.07, 6.45) is -4.01. The third-order valence-electron chi connectivity index (χ3n) is 2.43. The molecule has 0 saturated heterocycles. The summed E-state index contributed by atoms with van der Waals surface area (Å²) < 4.78 is 44.5. The molecule has 0 bridgehead atoms. The predicted octanol–water partition coefficient (Wildman–Crippen LogP) is 2.80. The van der Waals surface area contributed by atoms with Crippen molar-refractivity contribution in [2.75, 3.05) is 13.2 Å². The van der Waals surface area contributed by atoms with E-state index in [0.29, 0.717) is 12.2 Å². The number of alkyl halides is 3. The maximum atomic E-state index is 11.8. The Morgan fingerprint density at radius 3 is 2.53 bits per heavy atom. The molecule has 1 rings (SSSR count). The molecule has 0 saturated carbocycles. The molecule has 1 unspecified atom stereocenters. The summed E-state index contributed by atoms with van der Waals surface area (Å²) in [4.78, 5) is 0. The maximum Gasteiger partial charge on any atom is 0.522 e. The Morgan fingerprint density at radius 2 is 1.95 bits per heavy atom. The van der Waals surface area contributed by atoms with E-state index in [0.717, 1.165) is 11.1 Å². The Balaban J connectivity index is 2.61. The molecule has 0 radical (unpaired) electrons. The molecule has 19 heavy (non-hydrogen) atoms. The van der Waals surface area contributed by atoms with Crippen LogP contribution < -0.4 is 10.5 Å². The van der Waals surface area contributed by atoms with Gasteiger partial charge in [-0.05, 0) is 31.4 Å². The van der Waals surface area contributed by atoms with E-state index in [2.05, 4.69) is 4.74 Å². The first-order valence-corrected chi connectivity index (χ1v) is 5.97. The first-order chi connectivity index (χ1) is 8.79. The van der Waals surface area contributed by atoms with Crippen LogP contribution in [-0.2, 0) is 11.2 Å². The van der Waals surface area contributed by atoms with Gasteiger partial charge >= 0.3 is 6.36 Å². The zero-order valence-electron chi connectivity index (χ0n) is 11.0. The van der Waals surface area contributed by atoms with Gasteiger partial charge in [0, 0.05) is 6.04 Å². The molecule has 0 amide bonds. The molecule has 0 fully saturated rings. The molecule has 2 N–H and O–H groups in total. The third-order valence-corrected chi connectivity index (χ3v) is 2.43. The van der Waals surface area contributed by atoms with Crippen molar-refractivity contribution in [3.05, 3.63) is 29.3 Å². The molecule has 1 aromatic rings. The van der Waals surface area contributed by atoms with E-state index in [1.165, 1.54) is 0 Å². The monoisotopic (exact) mass is 277 g/mol. The molecule has 0 heterocycles. The van der Waals surface area contributed by atoms with Crippen molar-refractivity contribution in [3.63, 3.8) is 0 Å². The van der Waals surface area contributed by atoms with Gasteiger partial charge < -0.3 is 10.5 Å². The van der Waals surface area contributed by atoms with Gasteiger partial charge in [0.05, 0.1) is 6.61 Å². The van der Waals surface area contributed by atoms with Gasteiger partial charge in [0.2, 0.25) is 0 Å². The van der Waals surface area contributed by atoms with Gasteiger partial charge in [-0.15, -0.1) is 13.2 Å². The second kappa shape index (κ2) is 6.77. The Kier molecular flexibility index (Phi) is 5.62. The number of para-hydroxylation sites is 1. The van der Waals surface area contributed by atoms with Crippen molar-refractivity contribution in [1.29, 1.82) is 0 Å². The normalized spacial score (nSPS) is 13.4. The van der Waals surface area contributed by atoms with Crippen molar-refractivity contribution < 1.29 is 22.6 Å². The van der Waals surface area contributed by atoms with E-state index >= 15 is 0 Å². The number of nitrogens with two attached hydrogens (primary N) is 1. The molecular formula is C13H18F3NO2. The van der Waals surface area contributed by atoms with Crippen LogP contribution in [0.3, 0.4) is 0 Å². The second-order valence-corrected chi connectivity index (χ2v) is 4.39. The van der Waals surface area contributed by atoms with Crippen LogP contribution in [0.2, 0.25) is 0 Å². The summed E-state index contributed by atoms with van der Waals surface area (Å²) in [7, 11) is 0. The number of ether oxygens (including phenoxy) is 2. The number of halogens is 3. The van der Waals surface area contributed by atoms with E-state index in [9.17, 15) is 13.2 Å². The first-order valence-electron chi connectivity index (χ1n) is 5.97. The molecule has 0 aliphatic heterocycles. The van der Waals surface area contributed by atoms with Crippen molar-refractivity contribution in [2.45, 2.75) is 32.7 Å². The van der Waals surface area contributed by atoms with Gasteiger partial charge in [0.1, 0.15) is 12.4 Å². The van der Waals surface area contributed by atoms with Crippen LogP contribution in [0.5, 0.6) is 5.75 Å². The highest BCUT2D eigenvalue weighted by molar-refractivity contribution is 5.41. The SMILES string of the molecule is Cc1cccc(CC(C)N)c1OCCOC(F)(F)F. The lowest BCUT2D eigenvalue weighted by molar-refractivity contribution is -0.325. The predicted molar refractivity (Wildman–Crippen MR) is 66.0 cm³/mol. The average Bonchev–Trinajstić information content (AvgIpc) is 2.25. The standard InChI is InChI=1S/C13H18F3NO2/c1-9-4-3-5-11(8-10(2)17)12(9)18-6-7-19-13(14,15)16/h3-5,10H,6-8,17H2,1-2H3. The number of hydrogen-bond donors (Lipinski definition) is 1. The lowest BCUT2D eigenvalue weighted by atomic mass is 10.0. The number of hydrogen-bond acceptors (Lipinski definition) is 3. The fourth-order valence-corrected chi connectivity index (χ4v) is 1.73. The van der Waals surface area contributed by atoms with E-state index in [1.807, 2.05) is 32.0 Å². The first kappa shape index (κ1) is 15.8. The largest absolute Gasteiger partial charge is 0.522 e. The summed E-state index contributed by atoms with van der Waals surface area (Å²) in [5.41, 5.74) is 7.48. The Hall–Kier alpha value is -1.27. The van der Waals surface area contributed by atoms with Gasteiger partial charge in [0.25, 0.3) is 0 Å². The summed E-state index contributed by atoms with van der Waals surface area (Å²) in [6, 6.07) is 5.52. The maximum absolute atomic E-state index is 11.8. The van der Waals surface area contributed by atoms with Crippen LogP contribution in [0.25, 0.3) is 0 Å². The fourth-order valence-electron chi connectivity index (χ4n) is 1.73. The average molecular weight is 277 g/mol. The highest BCUT2D eigenvalue weighted by Gasteiger charge is 2.28. The van der Waals surface area contributed by atoms with Crippen molar-refractivity contribution in [3.8, 4) is 5.75 Å². The van der Waals surface area contributed by atoms with Crippen molar-refractivity contribution >= 4 is 0 Å². The summed E-state index contributed by atoms with van der Waals surface area (Å²) >= 11 is 0. The number of rotatable bonds is 6. The lowest BCUT2D eigenvalue weighted by Gasteiger charge is -2.16. The Labute approximate surface area is 110 Å². The second-order valence-electron chi connectivity index (χ2n) is 4.39. The molecule has 3 nitrogen and oxygen atoms in total. The van der Waals surface area contributed by atoms with Crippen molar-refractivity contribution in [2.24, 2.45) is 5.73 Å². The topological polar surface area (TPSA) is 44.5 Å². The molecule has 0 aliphatic rings. The van der Waals surface area contributed by atoms with Crippen LogP contribution in [0, 0.1) is 6.92 Å². The summed E-state index contributed by atoms with van der Waals surface area (Å²) in [5, 5.41) is 0.